The van der Waals surface area contributed by atoms with E-state index in [0.29, 0.717) is 13.1 Å². The van der Waals surface area contributed by atoms with Gasteiger partial charge in [0.2, 0.25) is 6.79 Å². The van der Waals surface area contributed by atoms with E-state index in [4.69, 9.17) is 14.5 Å². The van der Waals surface area contributed by atoms with Gasteiger partial charge in [0.15, 0.2) is 17.5 Å². The number of rotatable bonds is 8. The van der Waals surface area contributed by atoms with Crippen LogP contribution in [0.4, 0.5) is 0 Å². The number of ether oxygens (including phenoxy) is 2. The SMILES string of the molecule is CCc1nncn1CCNC(=NCc1cccs1)N(C)Cc1ccc2c(c1)OCO2.I. The van der Waals surface area contributed by atoms with E-state index in [-0.39, 0.29) is 30.8 Å². The minimum absolute atomic E-state index is 0. The number of hydrogen-bond donors (Lipinski definition) is 1. The molecule has 0 amide bonds. The molecule has 0 atom stereocenters. The number of nitrogens with zero attached hydrogens (tertiary/aromatic N) is 5. The second-order valence-electron chi connectivity index (χ2n) is 6.98. The van der Waals surface area contributed by atoms with E-state index in [1.54, 1.807) is 17.7 Å². The molecular formula is C21H27IN6O2S. The maximum atomic E-state index is 5.51. The summed E-state index contributed by atoms with van der Waals surface area (Å²) in [6.45, 7) is 5.25. The first kappa shape index (κ1) is 23.3. The van der Waals surface area contributed by atoms with Crippen LogP contribution in [0.2, 0.25) is 0 Å². The molecule has 0 fully saturated rings. The molecule has 2 aromatic heterocycles. The van der Waals surface area contributed by atoms with Gasteiger partial charge in [-0.3, -0.25) is 0 Å². The molecule has 1 aliphatic rings. The normalized spacial score (nSPS) is 12.5. The second kappa shape index (κ2) is 11.3. The topological polar surface area (TPSA) is 76.8 Å². The van der Waals surface area contributed by atoms with E-state index in [1.165, 1.54) is 4.88 Å². The number of hydrogen-bond acceptors (Lipinski definition) is 6. The Balaban J connectivity index is 0.00000272. The highest BCUT2D eigenvalue weighted by atomic mass is 127. The number of nitrogens with one attached hydrogen (secondary N) is 1. The zero-order chi connectivity index (χ0) is 20.8. The van der Waals surface area contributed by atoms with E-state index in [2.05, 4.69) is 55.5 Å². The van der Waals surface area contributed by atoms with Gasteiger partial charge in [-0.25, -0.2) is 4.99 Å². The van der Waals surface area contributed by atoms with Crippen molar-refractivity contribution in [3.63, 3.8) is 0 Å². The summed E-state index contributed by atoms with van der Waals surface area (Å²) >= 11 is 1.72. The minimum Gasteiger partial charge on any atom is -0.454 e. The number of guanidine groups is 1. The Morgan fingerprint density at radius 2 is 2.16 bits per heavy atom. The molecule has 0 bridgehead atoms. The van der Waals surface area contributed by atoms with Crippen LogP contribution in [0.25, 0.3) is 0 Å². The molecule has 1 aliphatic heterocycles. The van der Waals surface area contributed by atoms with Crippen molar-refractivity contribution >= 4 is 41.3 Å². The van der Waals surface area contributed by atoms with Crippen LogP contribution < -0.4 is 14.8 Å². The Bertz CT molecular complexity index is 992. The van der Waals surface area contributed by atoms with Gasteiger partial charge < -0.3 is 24.3 Å². The first-order valence-electron chi connectivity index (χ1n) is 10.00. The van der Waals surface area contributed by atoms with Gasteiger partial charge in [0.25, 0.3) is 0 Å². The molecule has 0 unspecified atom stereocenters. The van der Waals surface area contributed by atoms with Crippen molar-refractivity contribution in [3.8, 4) is 11.5 Å². The molecule has 1 aromatic carbocycles. The molecule has 0 radical (unpaired) electrons. The second-order valence-corrected chi connectivity index (χ2v) is 8.02. The standard InChI is InChI=1S/C21H26N6O2S.HI/c1-3-20-25-24-14-27(20)9-8-22-21(23-12-17-5-4-10-30-17)26(2)13-16-6-7-18-19(11-16)29-15-28-18;/h4-7,10-11,14H,3,8-9,12-13,15H2,1-2H3,(H,22,23);1H. The summed E-state index contributed by atoms with van der Waals surface area (Å²) in [7, 11) is 2.04. The lowest BCUT2D eigenvalue weighted by atomic mass is 10.2. The fourth-order valence-electron chi connectivity index (χ4n) is 3.28. The van der Waals surface area contributed by atoms with Crippen LogP contribution in [-0.2, 0) is 26.1 Å². The average molecular weight is 554 g/mol. The van der Waals surface area contributed by atoms with Crippen molar-refractivity contribution in [1.29, 1.82) is 0 Å². The van der Waals surface area contributed by atoms with Crippen molar-refractivity contribution < 1.29 is 9.47 Å². The third-order valence-corrected chi connectivity index (χ3v) is 5.69. The Morgan fingerprint density at radius 3 is 2.97 bits per heavy atom. The summed E-state index contributed by atoms with van der Waals surface area (Å²) in [6.07, 6.45) is 2.64. The first-order chi connectivity index (χ1) is 14.7. The molecule has 3 aromatic rings. The quantitative estimate of drug-likeness (QED) is 0.261. The fraction of sp³-hybridized carbons (Fsp3) is 0.381. The van der Waals surface area contributed by atoms with Gasteiger partial charge >= 0.3 is 0 Å². The third kappa shape index (κ3) is 6.10. The van der Waals surface area contributed by atoms with Crippen molar-refractivity contribution in [1.82, 2.24) is 25.0 Å². The Hall–Kier alpha value is -2.34. The van der Waals surface area contributed by atoms with Gasteiger partial charge in [0.1, 0.15) is 12.2 Å². The molecule has 0 saturated heterocycles. The molecule has 3 heterocycles. The first-order valence-corrected chi connectivity index (χ1v) is 10.9. The summed E-state index contributed by atoms with van der Waals surface area (Å²) in [4.78, 5) is 8.20. The highest BCUT2D eigenvalue weighted by molar-refractivity contribution is 14.0. The Labute approximate surface area is 203 Å². The molecular weight excluding hydrogens is 527 g/mol. The van der Waals surface area contributed by atoms with Crippen LogP contribution in [-0.4, -0.2) is 46.0 Å². The summed E-state index contributed by atoms with van der Waals surface area (Å²) in [6, 6.07) is 10.2. The van der Waals surface area contributed by atoms with Gasteiger partial charge in [0.05, 0.1) is 6.54 Å². The highest BCUT2D eigenvalue weighted by Gasteiger charge is 2.15. The molecule has 0 aliphatic carbocycles. The van der Waals surface area contributed by atoms with Gasteiger partial charge in [-0.05, 0) is 29.1 Å². The molecule has 8 nitrogen and oxygen atoms in total. The van der Waals surface area contributed by atoms with E-state index in [0.717, 1.165) is 48.4 Å². The lowest BCUT2D eigenvalue weighted by Crippen LogP contribution is -2.40. The maximum absolute atomic E-state index is 5.51. The summed E-state index contributed by atoms with van der Waals surface area (Å²) in [5.74, 6) is 3.44. The van der Waals surface area contributed by atoms with Crippen molar-refractivity contribution in [2.75, 3.05) is 20.4 Å². The van der Waals surface area contributed by atoms with Gasteiger partial charge in [-0.2, -0.15) is 0 Å². The van der Waals surface area contributed by atoms with E-state index in [1.807, 2.05) is 19.2 Å². The number of halogens is 1. The number of aromatic nitrogens is 3. The van der Waals surface area contributed by atoms with Gasteiger partial charge in [-0.1, -0.05) is 19.1 Å². The number of aliphatic imine (C=N–C) groups is 1. The van der Waals surface area contributed by atoms with Crippen LogP contribution in [0.3, 0.4) is 0 Å². The van der Waals surface area contributed by atoms with Gasteiger partial charge in [-0.15, -0.1) is 45.5 Å². The monoisotopic (exact) mass is 554 g/mol. The molecule has 4 rings (SSSR count). The zero-order valence-corrected chi connectivity index (χ0v) is 20.8. The maximum Gasteiger partial charge on any atom is 0.231 e. The molecule has 166 valence electrons. The lowest BCUT2D eigenvalue weighted by molar-refractivity contribution is 0.174. The van der Waals surface area contributed by atoms with E-state index >= 15 is 0 Å². The van der Waals surface area contributed by atoms with Crippen molar-refractivity contribution in [3.05, 3.63) is 58.3 Å². The van der Waals surface area contributed by atoms with Crippen LogP contribution >= 0.6 is 35.3 Å². The van der Waals surface area contributed by atoms with Crippen molar-refractivity contribution in [2.24, 2.45) is 4.99 Å². The summed E-state index contributed by atoms with van der Waals surface area (Å²) in [5, 5.41) is 13.7. The average Bonchev–Trinajstić information content (AvgIpc) is 3.51. The predicted molar refractivity (Wildman–Crippen MR) is 132 cm³/mol. The molecule has 31 heavy (non-hydrogen) atoms. The Kier molecular flexibility index (Phi) is 8.52. The Morgan fingerprint density at radius 1 is 1.29 bits per heavy atom. The fourth-order valence-corrected chi connectivity index (χ4v) is 3.91. The molecule has 0 spiro atoms. The van der Waals surface area contributed by atoms with E-state index in [9.17, 15) is 0 Å². The number of thiophene rings is 1. The smallest absolute Gasteiger partial charge is 0.231 e. The summed E-state index contributed by atoms with van der Waals surface area (Å²) in [5.41, 5.74) is 1.14. The molecule has 10 heteroatoms. The largest absolute Gasteiger partial charge is 0.454 e. The lowest BCUT2D eigenvalue weighted by Gasteiger charge is -2.23. The van der Waals surface area contributed by atoms with E-state index < -0.39 is 0 Å². The zero-order valence-electron chi connectivity index (χ0n) is 17.7. The van der Waals surface area contributed by atoms with Crippen LogP contribution in [0.1, 0.15) is 23.2 Å². The minimum atomic E-state index is 0. The summed E-state index contributed by atoms with van der Waals surface area (Å²) < 4.78 is 13.0. The third-order valence-electron chi connectivity index (χ3n) is 4.83. The van der Waals surface area contributed by atoms with Crippen LogP contribution in [0.5, 0.6) is 11.5 Å². The number of benzene rings is 1. The number of fused-ring (bicyclic) bond motifs is 1. The molecule has 1 N–H and O–H groups in total. The van der Waals surface area contributed by atoms with Crippen molar-refractivity contribution in [2.45, 2.75) is 33.0 Å². The van der Waals surface area contributed by atoms with Gasteiger partial charge in [0, 0.05) is 38.0 Å². The molecule has 0 saturated carbocycles. The highest BCUT2D eigenvalue weighted by Crippen LogP contribution is 2.32. The predicted octanol–water partition coefficient (Wildman–Crippen LogP) is 3.53. The van der Waals surface area contributed by atoms with Crippen LogP contribution in [0.15, 0.2) is 47.0 Å². The van der Waals surface area contributed by atoms with Crippen LogP contribution in [0, 0.1) is 0 Å². The number of aryl methyl sites for hydroxylation is 1.